The molecule has 1 aliphatic carbocycles. The van der Waals surface area contributed by atoms with Crippen molar-refractivity contribution in [2.75, 3.05) is 6.54 Å². The standard InChI is InChI=1S/C17H22FNO2/c18-15-10-8-14(9-11-15)16(20)6-3-7-17(21)19-12-13-4-1-2-5-13/h8-11,13H,1-7,12H2,(H,19,21). The Kier molecular flexibility index (Phi) is 5.90. The van der Waals surface area contributed by atoms with Crippen molar-refractivity contribution in [3.8, 4) is 0 Å². The summed E-state index contributed by atoms with van der Waals surface area (Å²) in [4.78, 5) is 23.5. The average molecular weight is 291 g/mol. The molecule has 0 aliphatic heterocycles. The number of benzene rings is 1. The van der Waals surface area contributed by atoms with Gasteiger partial charge in [0.05, 0.1) is 0 Å². The fraction of sp³-hybridized carbons (Fsp3) is 0.529. The second kappa shape index (κ2) is 7.91. The molecule has 21 heavy (non-hydrogen) atoms. The van der Waals surface area contributed by atoms with Crippen LogP contribution in [-0.2, 0) is 4.79 Å². The number of carbonyl (C=O) groups is 2. The summed E-state index contributed by atoms with van der Waals surface area (Å²) in [6.45, 7) is 0.769. The predicted molar refractivity (Wildman–Crippen MR) is 79.5 cm³/mol. The maximum absolute atomic E-state index is 12.8. The first-order chi connectivity index (χ1) is 10.1. The molecule has 114 valence electrons. The van der Waals surface area contributed by atoms with Crippen LogP contribution in [0.4, 0.5) is 4.39 Å². The van der Waals surface area contributed by atoms with E-state index in [1.807, 2.05) is 0 Å². The summed E-state index contributed by atoms with van der Waals surface area (Å²) in [5.41, 5.74) is 0.503. The highest BCUT2D eigenvalue weighted by Gasteiger charge is 2.15. The molecule has 0 bridgehead atoms. The van der Waals surface area contributed by atoms with Crippen molar-refractivity contribution in [1.82, 2.24) is 5.32 Å². The zero-order chi connectivity index (χ0) is 15.1. The minimum absolute atomic E-state index is 0.0220. The summed E-state index contributed by atoms with van der Waals surface area (Å²) in [7, 11) is 0. The summed E-state index contributed by atoms with van der Waals surface area (Å²) in [5.74, 6) is 0.264. The molecule has 1 saturated carbocycles. The zero-order valence-electron chi connectivity index (χ0n) is 12.2. The molecule has 0 spiro atoms. The van der Waals surface area contributed by atoms with Gasteiger partial charge >= 0.3 is 0 Å². The van der Waals surface area contributed by atoms with Crippen molar-refractivity contribution in [3.63, 3.8) is 0 Å². The first-order valence-corrected chi connectivity index (χ1v) is 7.70. The topological polar surface area (TPSA) is 46.2 Å². The van der Waals surface area contributed by atoms with Gasteiger partial charge in [0.15, 0.2) is 5.78 Å². The van der Waals surface area contributed by atoms with Gasteiger partial charge in [-0.1, -0.05) is 12.8 Å². The highest BCUT2D eigenvalue weighted by molar-refractivity contribution is 5.96. The molecule has 0 saturated heterocycles. The second-order valence-electron chi connectivity index (χ2n) is 5.74. The Balaban J connectivity index is 1.62. The van der Waals surface area contributed by atoms with Crippen LogP contribution in [0, 0.1) is 11.7 Å². The molecule has 1 N–H and O–H groups in total. The van der Waals surface area contributed by atoms with E-state index in [2.05, 4.69) is 5.32 Å². The molecule has 1 amide bonds. The summed E-state index contributed by atoms with van der Waals surface area (Å²) >= 11 is 0. The molecule has 0 unspecified atom stereocenters. The van der Waals surface area contributed by atoms with E-state index < -0.39 is 0 Å². The van der Waals surface area contributed by atoms with Gasteiger partial charge in [-0.25, -0.2) is 4.39 Å². The van der Waals surface area contributed by atoms with E-state index >= 15 is 0 Å². The number of ketones is 1. The first-order valence-electron chi connectivity index (χ1n) is 7.70. The molecular weight excluding hydrogens is 269 g/mol. The van der Waals surface area contributed by atoms with E-state index in [1.54, 1.807) is 0 Å². The van der Waals surface area contributed by atoms with Crippen molar-refractivity contribution in [2.24, 2.45) is 5.92 Å². The van der Waals surface area contributed by atoms with Crippen molar-refractivity contribution in [3.05, 3.63) is 35.6 Å². The number of nitrogens with one attached hydrogen (secondary N) is 1. The number of hydrogen-bond donors (Lipinski definition) is 1. The van der Waals surface area contributed by atoms with Crippen LogP contribution < -0.4 is 5.32 Å². The summed E-state index contributed by atoms with van der Waals surface area (Å²) in [6, 6.07) is 5.53. The average Bonchev–Trinajstić information content (AvgIpc) is 2.99. The van der Waals surface area contributed by atoms with E-state index in [1.165, 1.54) is 49.9 Å². The van der Waals surface area contributed by atoms with Gasteiger partial charge in [0.25, 0.3) is 0 Å². The molecule has 0 atom stereocenters. The third-order valence-corrected chi connectivity index (χ3v) is 4.04. The number of hydrogen-bond acceptors (Lipinski definition) is 2. The summed E-state index contributed by atoms with van der Waals surface area (Å²) < 4.78 is 12.8. The van der Waals surface area contributed by atoms with E-state index in [9.17, 15) is 14.0 Å². The molecule has 1 aromatic carbocycles. The number of halogens is 1. The van der Waals surface area contributed by atoms with Crippen molar-refractivity contribution in [2.45, 2.75) is 44.9 Å². The Labute approximate surface area is 124 Å². The van der Waals surface area contributed by atoms with E-state index in [0.717, 1.165) is 6.54 Å². The zero-order valence-corrected chi connectivity index (χ0v) is 12.2. The van der Waals surface area contributed by atoms with Gasteiger partial charge in [-0.3, -0.25) is 9.59 Å². The van der Waals surface area contributed by atoms with Crippen molar-refractivity contribution in [1.29, 1.82) is 0 Å². The van der Waals surface area contributed by atoms with Crippen molar-refractivity contribution >= 4 is 11.7 Å². The monoisotopic (exact) mass is 291 g/mol. The van der Waals surface area contributed by atoms with Gasteiger partial charge < -0.3 is 5.32 Å². The predicted octanol–water partition coefficient (Wildman–Crippen LogP) is 3.49. The van der Waals surface area contributed by atoms with E-state index in [4.69, 9.17) is 0 Å². The molecule has 0 heterocycles. The molecular formula is C17H22FNO2. The Morgan fingerprint density at radius 2 is 1.76 bits per heavy atom. The number of Topliss-reactive ketones (excluding diaryl/α,β-unsaturated/α-hetero) is 1. The Morgan fingerprint density at radius 3 is 2.43 bits per heavy atom. The van der Waals surface area contributed by atoms with Crippen LogP contribution >= 0.6 is 0 Å². The normalized spacial score (nSPS) is 15.1. The molecule has 4 heteroatoms. The molecule has 0 radical (unpaired) electrons. The lowest BCUT2D eigenvalue weighted by molar-refractivity contribution is -0.121. The van der Waals surface area contributed by atoms with Crippen LogP contribution in [0.15, 0.2) is 24.3 Å². The fourth-order valence-corrected chi connectivity index (χ4v) is 2.75. The van der Waals surface area contributed by atoms with Crippen LogP contribution in [0.2, 0.25) is 0 Å². The van der Waals surface area contributed by atoms with Gasteiger partial charge in [-0.05, 0) is 49.4 Å². The van der Waals surface area contributed by atoms with Gasteiger partial charge in [0.2, 0.25) is 5.91 Å². The van der Waals surface area contributed by atoms with Gasteiger partial charge in [-0.2, -0.15) is 0 Å². The second-order valence-corrected chi connectivity index (χ2v) is 5.74. The first kappa shape index (κ1) is 15.7. The highest BCUT2D eigenvalue weighted by Crippen LogP contribution is 2.23. The molecule has 0 aromatic heterocycles. The molecule has 1 aromatic rings. The smallest absolute Gasteiger partial charge is 0.220 e. The third-order valence-electron chi connectivity index (χ3n) is 4.04. The van der Waals surface area contributed by atoms with E-state index in [-0.39, 0.29) is 17.5 Å². The summed E-state index contributed by atoms with van der Waals surface area (Å²) in [5, 5.41) is 2.95. The molecule has 1 aliphatic rings. The third kappa shape index (κ3) is 5.29. The van der Waals surface area contributed by atoms with Gasteiger partial charge in [0.1, 0.15) is 5.82 Å². The molecule has 2 rings (SSSR count). The SMILES string of the molecule is O=C(CCCC(=O)c1ccc(F)cc1)NCC1CCCC1. The van der Waals surface area contributed by atoms with Gasteiger partial charge in [0, 0.05) is 24.9 Å². The minimum atomic E-state index is -0.349. The number of amides is 1. The Bertz CT molecular complexity index is 478. The van der Waals surface area contributed by atoms with Crippen molar-refractivity contribution < 1.29 is 14.0 Å². The maximum atomic E-state index is 12.8. The fourth-order valence-electron chi connectivity index (χ4n) is 2.75. The van der Waals surface area contributed by atoms with Crippen LogP contribution in [0.5, 0.6) is 0 Å². The van der Waals surface area contributed by atoms with Crippen LogP contribution in [0.25, 0.3) is 0 Å². The highest BCUT2D eigenvalue weighted by atomic mass is 19.1. The summed E-state index contributed by atoms with van der Waals surface area (Å²) in [6.07, 6.45) is 6.20. The lowest BCUT2D eigenvalue weighted by atomic mass is 10.1. The Morgan fingerprint density at radius 1 is 1.10 bits per heavy atom. The quantitative estimate of drug-likeness (QED) is 0.782. The van der Waals surface area contributed by atoms with Crippen LogP contribution in [0.3, 0.4) is 0 Å². The number of carbonyl (C=O) groups excluding carboxylic acids is 2. The van der Waals surface area contributed by atoms with E-state index in [0.29, 0.717) is 30.7 Å². The Hall–Kier alpha value is -1.71. The molecule has 3 nitrogen and oxygen atoms in total. The van der Waals surface area contributed by atoms with Crippen LogP contribution in [-0.4, -0.2) is 18.2 Å². The largest absolute Gasteiger partial charge is 0.356 e. The minimum Gasteiger partial charge on any atom is -0.356 e. The van der Waals surface area contributed by atoms with Crippen LogP contribution in [0.1, 0.15) is 55.3 Å². The lowest BCUT2D eigenvalue weighted by Gasteiger charge is -2.10. The lowest BCUT2D eigenvalue weighted by Crippen LogP contribution is -2.28. The molecule has 1 fully saturated rings. The van der Waals surface area contributed by atoms with Gasteiger partial charge in [-0.15, -0.1) is 0 Å². The maximum Gasteiger partial charge on any atom is 0.220 e. The number of rotatable bonds is 7.